The molecule has 8 heteroatoms. The minimum absolute atomic E-state index is 0.224. The van der Waals surface area contributed by atoms with Gasteiger partial charge in [0, 0.05) is 6.07 Å². The lowest BCUT2D eigenvalue weighted by molar-refractivity contribution is -0.144. The Bertz CT molecular complexity index is 522. The van der Waals surface area contributed by atoms with Gasteiger partial charge in [-0.15, -0.1) is 0 Å². The Morgan fingerprint density at radius 2 is 1.80 bits per heavy atom. The summed E-state index contributed by atoms with van der Waals surface area (Å²) in [5.41, 5.74) is 0. The van der Waals surface area contributed by atoms with Crippen molar-refractivity contribution in [1.82, 2.24) is 5.32 Å². The predicted octanol–water partition coefficient (Wildman–Crippen LogP) is 2.70. The summed E-state index contributed by atoms with van der Waals surface area (Å²) in [6.45, 7) is 1.18. The summed E-state index contributed by atoms with van der Waals surface area (Å²) in [6.07, 6.45) is 0. The molecular weight excluding hydrogens is 328 g/mol. The van der Waals surface area contributed by atoms with Crippen LogP contribution < -0.4 is 10.1 Å². The summed E-state index contributed by atoms with van der Waals surface area (Å²) in [6, 6.07) is 2.05. The first-order valence-electron chi connectivity index (χ1n) is 5.49. The molecule has 1 rings (SSSR count). The van der Waals surface area contributed by atoms with Crippen molar-refractivity contribution in [3.8, 4) is 5.75 Å². The maximum Gasteiger partial charge on any atom is 0.328 e. The van der Waals surface area contributed by atoms with E-state index in [9.17, 15) is 9.59 Å². The van der Waals surface area contributed by atoms with Gasteiger partial charge in [-0.25, -0.2) is 4.79 Å². The summed E-state index contributed by atoms with van der Waals surface area (Å²) < 4.78 is 9.69. The summed E-state index contributed by atoms with van der Waals surface area (Å²) in [7, 11) is 1.23. The SMILES string of the molecule is COC(=O)C(C)NC(=O)COc1cc(Cl)c(Cl)cc1Cl. The molecule has 0 heterocycles. The Kier molecular flexibility index (Phi) is 6.39. The molecule has 0 bridgehead atoms. The van der Waals surface area contributed by atoms with E-state index in [2.05, 4.69) is 10.1 Å². The number of rotatable bonds is 5. The zero-order valence-corrected chi connectivity index (χ0v) is 13.0. The molecule has 0 radical (unpaired) electrons. The highest BCUT2D eigenvalue weighted by Crippen LogP contribution is 2.33. The van der Waals surface area contributed by atoms with Crippen LogP contribution in [0.1, 0.15) is 6.92 Å². The van der Waals surface area contributed by atoms with Crippen molar-refractivity contribution < 1.29 is 19.1 Å². The van der Waals surface area contributed by atoms with Gasteiger partial charge in [-0.3, -0.25) is 4.79 Å². The van der Waals surface area contributed by atoms with Crippen molar-refractivity contribution in [2.45, 2.75) is 13.0 Å². The number of hydrogen-bond acceptors (Lipinski definition) is 4. The molecule has 1 aromatic carbocycles. The molecule has 0 spiro atoms. The van der Waals surface area contributed by atoms with Crippen LogP contribution in [-0.4, -0.2) is 31.6 Å². The van der Waals surface area contributed by atoms with E-state index >= 15 is 0 Å². The number of carbonyl (C=O) groups is 2. The molecule has 0 saturated carbocycles. The Labute approximate surface area is 131 Å². The number of carbonyl (C=O) groups excluding carboxylic acids is 2. The average molecular weight is 341 g/mol. The topological polar surface area (TPSA) is 64.6 Å². The molecule has 20 heavy (non-hydrogen) atoms. The Hall–Kier alpha value is -1.17. The van der Waals surface area contributed by atoms with Crippen LogP contribution in [0.2, 0.25) is 15.1 Å². The third-order valence-electron chi connectivity index (χ3n) is 2.27. The van der Waals surface area contributed by atoms with Gasteiger partial charge in [0.15, 0.2) is 6.61 Å². The molecule has 5 nitrogen and oxygen atoms in total. The summed E-state index contributed by atoms with van der Waals surface area (Å²) >= 11 is 17.5. The fraction of sp³-hybridized carbons (Fsp3) is 0.333. The summed E-state index contributed by atoms with van der Waals surface area (Å²) in [5.74, 6) is -0.821. The predicted molar refractivity (Wildman–Crippen MR) is 76.6 cm³/mol. The Morgan fingerprint density at radius 1 is 1.20 bits per heavy atom. The lowest BCUT2D eigenvalue weighted by atomic mass is 10.3. The normalized spacial score (nSPS) is 11.7. The van der Waals surface area contributed by atoms with E-state index in [1.54, 1.807) is 0 Å². The second-order valence-corrected chi connectivity index (χ2v) is 5.02. The van der Waals surface area contributed by atoms with E-state index in [0.29, 0.717) is 0 Å². The van der Waals surface area contributed by atoms with Gasteiger partial charge in [0.25, 0.3) is 5.91 Å². The molecule has 0 fully saturated rings. The summed E-state index contributed by atoms with van der Waals surface area (Å²) in [4.78, 5) is 22.7. The largest absolute Gasteiger partial charge is 0.482 e. The van der Waals surface area contributed by atoms with Crippen LogP contribution in [0.15, 0.2) is 12.1 Å². The number of ether oxygens (including phenoxy) is 2. The van der Waals surface area contributed by atoms with Crippen molar-refractivity contribution in [2.24, 2.45) is 0 Å². The zero-order chi connectivity index (χ0) is 15.3. The maximum atomic E-state index is 11.6. The lowest BCUT2D eigenvalue weighted by Gasteiger charge is -2.13. The molecule has 1 amide bonds. The van der Waals surface area contributed by atoms with E-state index in [1.165, 1.54) is 26.2 Å². The van der Waals surface area contributed by atoms with E-state index in [4.69, 9.17) is 39.5 Å². The number of amides is 1. The van der Waals surface area contributed by atoms with E-state index in [-0.39, 0.29) is 27.4 Å². The number of nitrogens with one attached hydrogen (secondary N) is 1. The van der Waals surface area contributed by atoms with Crippen molar-refractivity contribution in [3.63, 3.8) is 0 Å². The smallest absolute Gasteiger partial charge is 0.328 e. The van der Waals surface area contributed by atoms with Gasteiger partial charge in [-0.1, -0.05) is 34.8 Å². The molecule has 0 saturated heterocycles. The number of benzene rings is 1. The van der Waals surface area contributed by atoms with E-state index < -0.39 is 17.9 Å². The van der Waals surface area contributed by atoms with Crippen LogP contribution in [0.4, 0.5) is 0 Å². The highest BCUT2D eigenvalue weighted by atomic mass is 35.5. The summed E-state index contributed by atoms with van der Waals surface area (Å²) in [5, 5.41) is 3.18. The molecule has 0 aliphatic carbocycles. The lowest BCUT2D eigenvalue weighted by Crippen LogP contribution is -2.41. The zero-order valence-electron chi connectivity index (χ0n) is 10.7. The second kappa shape index (κ2) is 7.57. The van der Waals surface area contributed by atoms with Gasteiger partial charge in [-0.2, -0.15) is 0 Å². The van der Waals surface area contributed by atoms with E-state index in [1.807, 2.05) is 0 Å². The molecule has 1 N–H and O–H groups in total. The maximum absolute atomic E-state index is 11.6. The number of methoxy groups -OCH3 is 1. The quantitative estimate of drug-likeness (QED) is 0.661. The van der Waals surface area contributed by atoms with Crippen molar-refractivity contribution in [2.75, 3.05) is 13.7 Å². The molecule has 0 aliphatic rings. The molecule has 110 valence electrons. The van der Waals surface area contributed by atoms with Crippen molar-refractivity contribution in [3.05, 3.63) is 27.2 Å². The van der Waals surface area contributed by atoms with Crippen molar-refractivity contribution in [1.29, 1.82) is 0 Å². The Morgan fingerprint density at radius 3 is 2.40 bits per heavy atom. The Balaban J connectivity index is 2.57. The van der Waals surface area contributed by atoms with Crippen LogP contribution in [-0.2, 0) is 14.3 Å². The molecular formula is C12H12Cl3NO4. The highest BCUT2D eigenvalue weighted by molar-refractivity contribution is 6.43. The standard InChI is InChI=1S/C12H12Cl3NO4/c1-6(12(18)19-2)16-11(17)5-20-10-4-8(14)7(13)3-9(10)15/h3-4,6H,5H2,1-2H3,(H,16,17). The second-order valence-electron chi connectivity index (χ2n) is 3.80. The molecule has 0 aliphatic heterocycles. The first kappa shape index (κ1) is 16.9. The van der Waals surface area contributed by atoms with Gasteiger partial charge in [0.05, 0.1) is 22.2 Å². The van der Waals surface area contributed by atoms with Crippen LogP contribution in [0, 0.1) is 0 Å². The van der Waals surface area contributed by atoms with Crippen LogP contribution in [0.25, 0.3) is 0 Å². The van der Waals surface area contributed by atoms with Crippen molar-refractivity contribution >= 4 is 46.7 Å². The monoisotopic (exact) mass is 339 g/mol. The third-order valence-corrected chi connectivity index (χ3v) is 3.28. The fourth-order valence-corrected chi connectivity index (χ4v) is 1.87. The van der Waals surface area contributed by atoms with Gasteiger partial charge < -0.3 is 14.8 Å². The first-order valence-corrected chi connectivity index (χ1v) is 6.63. The fourth-order valence-electron chi connectivity index (χ4n) is 1.28. The van der Waals surface area contributed by atoms with Gasteiger partial charge in [0.2, 0.25) is 0 Å². The molecule has 1 unspecified atom stereocenters. The van der Waals surface area contributed by atoms with Crippen LogP contribution in [0.5, 0.6) is 5.75 Å². The minimum atomic E-state index is -0.764. The number of esters is 1. The molecule has 1 aromatic rings. The minimum Gasteiger partial charge on any atom is -0.482 e. The average Bonchev–Trinajstić information content (AvgIpc) is 2.40. The van der Waals surface area contributed by atoms with Crippen LogP contribution in [0.3, 0.4) is 0 Å². The highest BCUT2D eigenvalue weighted by Gasteiger charge is 2.16. The molecule has 0 aromatic heterocycles. The van der Waals surface area contributed by atoms with Crippen LogP contribution >= 0.6 is 34.8 Å². The van der Waals surface area contributed by atoms with E-state index in [0.717, 1.165) is 0 Å². The number of halogens is 3. The van der Waals surface area contributed by atoms with Gasteiger partial charge in [0.1, 0.15) is 11.8 Å². The van der Waals surface area contributed by atoms with Gasteiger partial charge in [-0.05, 0) is 13.0 Å². The van der Waals surface area contributed by atoms with Gasteiger partial charge >= 0.3 is 5.97 Å². The first-order chi connectivity index (χ1) is 9.35. The molecule has 1 atom stereocenters. The third kappa shape index (κ3) is 4.74. The number of hydrogen-bond donors (Lipinski definition) is 1.